The lowest BCUT2D eigenvalue weighted by atomic mass is 9.92. The highest BCUT2D eigenvalue weighted by Crippen LogP contribution is 2.21. The van der Waals surface area contributed by atoms with Crippen LogP contribution in [0.1, 0.15) is 32.6 Å². The maximum atomic E-state index is 11.3. The van der Waals surface area contributed by atoms with E-state index in [1.165, 1.54) is 4.90 Å². The number of amides is 1. The molecule has 12 heavy (non-hydrogen) atoms. The molecule has 3 nitrogen and oxygen atoms in total. The van der Waals surface area contributed by atoms with Crippen LogP contribution in [0, 0.1) is 5.92 Å². The summed E-state index contributed by atoms with van der Waals surface area (Å²) >= 11 is 0. The summed E-state index contributed by atoms with van der Waals surface area (Å²) in [5.41, 5.74) is 0. The van der Waals surface area contributed by atoms with Crippen molar-refractivity contribution < 1.29 is 9.90 Å². The smallest absolute Gasteiger partial charge is 0.224 e. The number of aliphatic hydroxyl groups is 1. The maximum Gasteiger partial charge on any atom is 0.224 e. The summed E-state index contributed by atoms with van der Waals surface area (Å²) in [5, 5.41) is 8.78. The van der Waals surface area contributed by atoms with E-state index in [2.05, 4.69) is 6.92 Å². The van der Waals surface area contributed by atoms with Crippen LogP contribution >= 0.6 is 0 Å². The Bertz CT molecular complexity index is 159. The predicted molar refractivity (Wildman–Crippen MR) is 46.4 cm³/mol. The molecule has 1 atom stereocenters. The molecule has 1 amide bonds. The first kappa shape index (κ1) is 9.52. The fraction of sp³-hybridized carbons (Fsp3) is 0.889. The van der Waals surface area contributed by atoms with E-state index in [1.54, 1.807) is 0 Å². The minimum absolute atomic E-state index is 0.113. The molecule has 3 heteroatoms. The number of likely N-dealkylation sites (tertiary alicyclic amines) is 1. The molecule has 1 fully saturated rings. The minimum Gasteiger partial charge on any atom is -0.376 e. The van der Waals surface area contributed by atoms with Gasteiger partial charge in [-0.05, 0) is 12.3 Å². The van der Waals surface area contributed by atoms with Crippen LogP contribution in [-0.4, -0.2) is 29.2 Å². The number of hydrogen-bond donors (Lipinski definition) is 1. The topological polar surface area (TPSA) is 40.5 Å². The molecule has 0 spiro atoms. The second-order valence-electron chi connectivity index (χ2n) is 3.45. The molecule has 0 aromatic rings. The van der Waals surface area contributed by atoms with Crippen LogP contribution in [0.25, 0.3) is 0 Å². The Morgan fingerprint density at radius 2 is 2.42 bits per heavy atom. The molecule has 0 aliphatic carbocycles. The Kier molecular flexibility index (Phi) is 3.53. The Labute approximate surface area is 73.4 Å². The molecule has 70 valence electrons. The van der Waals surface area contributed by atoms with Crippen LogP contribution in [-0.2, 0) is 4.79 Å². The zero-order valence-electron chi connectivity index (χ0n) is 7.62. The lowest BCUT2D eigenvalue weighted by Gasteiger charge is -2.29. The first-order valence-electron chi connectivity index (χ1n) is 4.66. The minimum atomic E-state index is -0.113. The van der Waals surface area contributed by atoms with Crippen LogP contribution in [0.3, 0.4) is 0 Å². The third-order valence-electron chi connectivity index (χ3n) is 2.49. The quantitative estimate of drug-likeness (QED) is 0.687. The van der Waals surface area contributed by atoms with Gasteiger partial charge in [-0.3, -0.25) is 4.79 Å². The van der Waals surface area contributed by atoms with Gasteiger partial charge in [0.25, 0.3) is 0 Å². The summed E-state index contributed by atoms with van der Waals surface area (Å²) in [5.74, 6) is 0.674. The first-order valence-corrected chi connectivity index (χ1v) is 4.66. The Balaban J connectivity index is 2.35. The van der Waals surface area contributed by atoms with Gasteiger partial charge in [-0.15, -0.1) is 0 Å². The van der Waals surface area contributed by atoms with Crippen molar-refractivity contribution in [1.82, 2.24) is 4.90 Å². The highest BCUT2D eigenvalue weighted by Gasteiger charge is 2.23. The number of aliphatic hydroxyl groups excluding tert-OH is 1. The van der Waals surface area contributed by atoms with E-state index >= 15 is 0 Å². The van der Waals surface area contributed by atoms with Gasteiger partial charge in [0.05, 0.1) is 0 Å². The van der Waals surface area contributed by atoms with Crippen molar-refractivity contribution in [3.8, 4) is 0 Å². The van der Waals surface area contributed by atoms with Crippen molar-refractivity contribution in [2.75, 3.05) is 13.3 Å². The third kappa shape index (κ3) is 2.21. The molecule has 1 rings (SSSR count). The van der Waals surface area contributed by atoms with Crippen molar-refractivity contribution >= 4 is 5.91 Å². The van der Waals surface area contributed by atoms with Gasteiger partial charge in [0.1, 0.15) is 6.73 Å². The molecule has 1 aliphatic heterocycles. The number of carbonyl (C=O) groups excluding carboxylic acids is 1. The van der Waals surface area contributed by atoms with Crippen LogP contribution in [0.5, 0.6) is 0 Å². The van der Waals surface area contributed by atoms with Gasteiger partial charge in [0.15, 0.2) is 0 Å². The summed E-state index contributed by atoms with van der Waals surface area (Å²) in [4.78, 5) is 12.8. The van der Waals surface area contributed by atoms with Crippen LogP contribution in [0.4, 0.5) is 0 Å². The molecule has 0 radical (unpaired) electrons. The Hall–Kier alpha value is -0.570. The van der Waals surface area contributed by atoms with Crippen molar-refractivity contribution in [2.24, 2.45) is 5.92 Å². The van der Waals surface area contributed by atoms with Gasteiger partial charge in [0.2, 0.25) is 5.91 Å². The average Bonchev–Trinajstić information content (AvgIpc) is 2.05. The lowest BCUT2D eigenvalue weighted by molar-refractivity contribution is -0.139. The van der Waals surface area contributed by atoms with Gasteiger partial charge in [-0.1, -0.05) is 19.8 Å². The zero-order valence-corrected chi connectivity index (χ0v) is 7.62. The second-order valence-corrected chi connectivity index (χ2v) is 3.45. The first-order chi connectivity index (χ1) is 5.77. The van der Waals surface area contributed by atoms with Gasteiger partial charge in [0, 0.05) is 13.0 Å². The SMILES string of the molecule is CCCC1CCN(CO)C(=O)C1. The number of piperidine rings is 1. The van der Waals surface area contributed by atoms with E-state index in [-0.39, 0.29) is 12.6 Å². The molecular formula is C9H17NO2. The number of carbonyl (C=O) groups is 1. The van der Waals surface area contributed by atoms with Crippen LogP contribution in [0.15, 0.2) is 0 Å². The monoisotopic (exact) mass is 171 g/mol. The maximum absolute atomic E-state index is 11.3. The van der Waals surface area contributed by atoms with Gasteiger partial charge in [-0.2, -0.15) is 0 Å². The molecule has 1 heterocycles. The summed E-state index contributed by atoms with van der Waals surface area (Å²) in [6, 6.07) is 0. The van der Waals surface area contributed by atoms with Crippen molar-refractivity contribution in [2.45, 2.75) is 32.6 Å². The van der Waals surface area contributed by atoms with E-state index in [0.717, 1.165) is 25.8 Å². The highest BCUT2D eigenvalue weighted by atomic mass is 16.3. The van der Waals surface area contributed by atoms with Crippen molar-refractivity contribution in [3.05, 3.63) is 0 Å². The summed E-state index contributed by atoms with van der Waals surface area (Å²) in [7, 11) is 0. The molecular weight excluding hydrogens is 154 g/mol. The van der Waals surface area contributed by atoms with E-state index < -0.39 is 0 Å². The fourth-order valence-electron chi connectivity index (χ4n) is 1.75. The summed E-state index contributed by atoms with van der Waals surface area (Å²) < 4.78 is 0. The van der Waals surface area contributed by atoms with Gasteiger partial charge >= 0.3 is 0 Å². The molecule has 1 unspecified atom stereocenters. The molecule has 0 aromatic heterocycles. The second kappa shape index (κ2) is 4.45. The standard InChI is InChI=1S/C9H17NO2/c1-2-3-8-4-5-10(7-11)9(12)6-8/h8,11H,2-7H2,1H3. The van der Waals surface area contributed by atoms with Gasteiger partial charge < -0.3 is 10.0 Å². The molecule has 1 aliphatic rings. The van der Waals surface area contributed by atoms with E-state index in [0.29, 0.717) is 12.3 Å². The summed E-state index contributed by atoms with van der Waals surface area (Å²) in [6.45, 7) is 2.76. The fourth-order valence-corrected chi connectivity index (χ4v) is 1.75. The molecule has 0 saturated carbocycles. The Morgan fingerprint density at radius 3 is 2.92 bits per heavy atom. The normalized spacial score (nSPS) is 24.7. The zero-order chi connectivity index (χ0) is 8.97. The number of nitrogens with zero attached hydrogens (tertiary/aromatic N) is 1. The van der Waals surface area contributed by atoms with Gasteiger partial charge in [-0.25, -0.2) is 0 Å². The number of rotatable bonds is 3. The molecule has 1 saturated heterocycles. The average molecular weight is 171 g/mol. The largest absolute Gasteiger partial charge is 0.376 e. The van der Waals surface area contributed by atoms with Crippen molar-refractivity contribution in [3.63, 3.8) is 0 Å². The molecule has 0 aromatic carbocycles. The molecule has 1 N–H and O–H groups in total. The number of hydrogen-bond acceptors (Lipinski definition) is 2. The third-order valence-corrected chi connectivity index (χ3v) is 2.49. The lowest BCUT2D eigenvalue weighted by Crippen LogP contribution is -2.39. The van der Waals surface area contributed by atoms with Crippen molar-refractivity contribution in [1.29, 1.82) is 0 Å². The van der Waals surface area contributed by atoms with E-state index in [9.17, 15) is 4.79 Å². The predicted octanol–water partition coefficient (Wildman–Crippen LogP) is 0.975. The van der Waals surface area contributed by atoms with Crippen LogP contribution in [0.2, 0.25) is 0 Å². The highest BCUT2D eigenvalue weighted by molar-refractivity contribution is 5.77. The van der Waals surface area contributed by atoms with Crippen LogP contribution < -0.4 is 0 Å². The van der Waals surface area contributed by atoms with E-state index in [1.807, 2.05) is 0 Å². The Morgan fingerprint density at radius 1 is 1.67 bits per heavy atom. The molecule has 0 bridgehead atoms. The van der Waals surface area contributed by atoms with E-state index in [4.69, 9.17) is 5.11 Å². The summed E-state index contributed by atoms with van der Waals surface area (Å²) in [6.07, 6.45) is 3.98.